The highest BCUT2D eigenvalue weighted by atomic mass is 16.5. The summed E-state index contributed by atoms with van der Waals surface area (Å²) in [6.07, 6.45) is 3.64. The van der Waals surface area contributed by atoms with Gasteiger partial charge in [0.1, 0.15) is 11.3 Å². The number of para-hydroxylation sites is 1. The SMILES string of the molecule is Cc1cc(=O)oc2cc(OCC(=O)N(C)Cc3cnn(-c4ccccc4)c3)ccc12. The second-order valence-corrected chi connectivity index (χ2v) is 7.07. The van der Waals surface area contributed by atoms with E-state index in [-0.39, 0.29) is 12.5 Å². The maximum absolute atomic E-state index is 12.5. The first-order valence-electron chi connectivity index (χ1n) is 9.50. The number of nitrogens with zero attached hydrogens (tertiary/aromatic N) is 3. The third-order valence-electron chi connectivity index (χ3n) is 4.79. The van der Waals surface area contributed by atoms with Gasteiger partial charge in [-0.2, -0.15) is 5.10 Å². The van der Waals surface area contributed by atoms with Gasteiger partial charge in [0.05, 0.1) is 11.9 Å². The molecule has 0 bridgehead atoms. The van der Waals surface area contributed by atoms with Crippen LogP contribution in [0.4, 0.5) is 0 Å². The highest BCUT2D eigenvalue weighted by Gasteiger charge is 2.12. The van der Waals surface area contributed by atoms with Crippen LogP contribution in [0.1, 0.15) is 11.1 Å². The lowest BCUT2D eigenvalue weighted by atomic mass is 10.1. The Bertz CT molecular complexity index is 1240. The minimum absolute atomic E-state index is 0.120. The monoisotopic (exact) mass is 403 g/mol. The Morgan fingerprint density at radius 3 is 2.77 bits per heavy atom. The maximum Gasteiger partial charge on any atom is 0.336 e. The average molecular weight is 403 g/mol. The van der Waals surface area contributed by atoms with Crippen LogP contribution < -0.4 is 10.4 Å². The second kappa shape index (κ2) is 8.24. The van der Waals surface area contributed by atoms with Gasteiger partial charge in [-0.15, -0.1) is 0 Å². The van der Waals surface area contributed by atoms with Gasteiger partial charge in [-0.05, 0) is 36.8 Å². The van der Waals surface area contributed by atoms with Gasteiger partial charge in [0.25, 0.3) is 5.91 Å². The standard InChI is InChI=1S/C23H21N3O4/c1-16-10-23(28)30-21-11-19(8-9-20(16)21)29-15-22(27)25(2)13-17-12-24-26(14-17)18-6-4-3-5-7-18/h3-12,14H,13,15H2,1-2H3. The highest BCUT2D eigenvalue weighted by molar-refractivity contribution is 5.81. The van der Waals surface area contributed by atoms with E-state index < -0.39 is 5.63 Å². The first-order valence-corrected chi connectivity index (χ1v) is 9.50. The second-order valence-electron chi connectivity index (χ2n) is 7.07. The fraction of sp³-hybridized carbons (Fsp3) is 0.174. The molecule has 0 unspecified atom stereocenters. The molecule has 0 aliphatic heterocycles. The molecule has 2 aromatic carbocycles. The fourth-order valence-corrected chi connectivity index (χ4v) is 3.18. The van der Waals surface area contributed by atoms with Crippen LogP contribution in [0.15, 0.2) is 76.2 Å². The summed E-state index contributed by atoms with van der Waals surface area (Å²) in [5.74, 6) is 0.295. The summed E-state index contributed by atoms with van der Waals surface area (Å²) in [6, 6.07) is 16.4. The molecule has 4 rings (SSSR count). The lowest BCUT2D eigenvalue weighted by Crippen LogP contribution is -2.30. The largest absolute Gasteiger partial charge is 0.484 e. The summed E-state index contributed by atoms with van der Waals surface area (Å²) in [5.41, 5.74) is 2.73. The first-order chi connectivity index (χ1) is 14.5. The Hall–Kier alpha value is -3.87. The molecular weight excluding hydrogens is 382 g/mol. The van der Waals surface area contributed by atoms with Gasteiger partial charge in [-0.25, -0.2) is 9.48 Å². The zero-order valence-electron chi connectivity index (χ0n) is 16.7. The van der Waals surface area contributed by atoms with Crippen LogP contribution in [0.5, 0.6) is 5.75 Å². The molecule has 0 saturated heterocycles. The van der Waals surface area contributed by atoms with Crippen LogP contribution in [-0.4, -0.2) is 34.2 Å². The molecule has 30 heavy (non-hydrogen) atoms. The van der Waals surface area contributed by atoms with Crippen LogP contribution in [0.2, 0.25) is 0 Å². The number of hydrogen-bond acceptors (Lipinski definition) is 5. The van der Waals surface area contributed by atoms with E-state index in [1.165, 1.54) is 6.07 Å². The number of ether oxygens (including phenoxy) is 1. The van der Waals surface area contributed by atoms with Crippen molar-refractivity contribution >= 4 is 16.9 Å². The van der Waals surface area contributed by atoms with Crippen molar-refractivity contribution in [3.05, 3.63) is 88.5 Å². The smallest absolute Gasteiger partial charge is 0.336 e. The van der Waals surface area contributed by atoms with Crippen molar-refractivity contribution in [2.75, 3.05) is 13.7 Å². The van der Waals surface area contributed by atoms with Crippen molar-refractivity contribution in [3.8, 4) is 11.4 Å². The van der Waals surface area contributed by atoms with Crippen molar-refractivity contribution in [2.45, 2.75) is 13.5 Å². The van der Waals surface area contributed by atoms with E-state index in [2.05, 4.69) is 5.10 Å². The molecule has 1 amide bonds. The lowest BCUT2D eigenvalue weighted by molar-refractivity contribution is -0.132. The highest BCUT2D eigenvalue weighted by Crippen LogP contribution is 2.22. The number of hydrogen-bond donors (Lipinski definition) is 0. The predicted molar refractivity (Wildman–Crippen MR) is 113 cm³/mol. The minimum atomic E-state index is -0.413. The quantitative estimate of drug-likeness (QED) is 0.462. The maximum atomic E-state index is 12.5. The predicted octanol–water partition coefficient (Wildman–Crippen LogP) is 3.32. The number of amides is 1. The van der Waals surface area contributed by atoms with E-state index in [1.54, 1.807) is 35.0 Å². The van der Waals surface area contributed by atoms with Gasteiger partial charge in [0.15, 0.2) is 6.61 Å². The lowest BCUT2D eigenvalue weighted by Gasteiger charge is -2.16. The van der Waals surface area contributed by atoms with E-state index in [4.69, 9.17) is 9.15 Å². The zero-order valence-corrected chi connectivity index (χ0v) is 16.7. The molecule has 7 heteroatoms. The number of carbonyl (C=O) groups is 1. The Morgan fingerprint density at radius 2 is 1.97 bits per heavy atom. The number of aryl methyl sites for hydroxylation is 1. The van der Waals surface area contributed by atoms with Crippen LogP contribution in [-0.2, 0) is 11.3 Å². The van der Waals surface area contributed by atoms with E-state index in [9.17, 15) is 9.59 Å². The molecule has 2 aromatic heterocycles. The van der Waals surface area contributed by atoms with Crippen LogP contribution >= 0.6 is 0 Å². The molecule has 0 atom stereocenters. The number of benzene rings is 2. The topological polar surface area (TPSA) is 77.6 Å². The van der Waals surface area contributed by atoms with Crippen molar-refractivity contribution in [3.63, 3.8) is 0 Å². The van der Waals surface area contributed by atoms with Crippen molar-refractivity contribution < 1.29 is 13.9 Å². The molecular formula is C23H21N3O4. The fourth-order valence-electron chi connectivity index (χ4n) is 3.18. The minimum Gasteiger partial charge on any atom is -0.484 e. The number of fused-ring (bicyclic) bond motifs is 1. The normalized spacial score (nSPS) is 10.9. The molecule has 0 aliphatic carbocycles. The summed E-state index contributed by atoms with van der Waals surface area (Å²) in [6.45, 7) is 2.14. The van der Waals surface area contributed by atoms with Gasteiger partial charge in [0.2, 0.25) is 0 Å². The molecule has 0 aliphatic rings. The molecule has 0 N–H and O–H groups in total. The molecule has 2 heterocycles. The number of likely N-dealkylation sites (N-methyl/N-ethyl adjacent to an activating group) is 1. The van der Waals surface area contributed by atoms with Crippen LogP contribution in [0.25, 0.3) is 16.7 Å². The first kappa shape index (κ1) is 19.4. The zero-order chi connectivity index (χ0) is 21.1. The third kappa shape index (κ3) is 4.25. The third-order valence-corrected chi connectivity index (χ3v) is 4.79. The average Bonchev–Trinajstić information content (AvgIpc) is 3.20. The van der Waals surface area contributed by atoms with Gasteiger partial charge >= 0.3 is 5.63 Å². The Labute approximate surface area is 173 Å². The molecule has 0 spiro atoms. The molecule has 7 nitrogen and oxygen atoms in total. The molecule has 152 valence electrons. The summed E-state index contributed by atoms with van der Waals surface area (Å²) in [7, 11) is 1.72. The Morgan fingerprint density at radius 1 is 1.17 bits per heavy atom. The number of carbonyl (C=O) groups excluding carboxylic acids is 1. The van der Waals surface area contributed by atoms with Gasteiger partial charge in [-0.1, -0.05) is 18.2 Å². The molecule has 0 radical (unpaired) electrons. The Kier molecular flexibility index (Phi) is 5.34. The van der Waals surface area contributed by atoms with Gasteiger partial charge < -0.3 is 14.1 Å². The number of aromatic nitrogens is 2. The van der Waals surface area contributed by atoms with Crippen molar-refractivity contribution in [1.29, 1.82) is 0 Å². The van der Waals surface area contributed by atoms with E-state index >= 15 is 0 Å². The summed E-state index contributed by atoms with van der Waals surface area (Å²) in [4.78, 5) is 25.6. The van der Waals surface area contributed by atoms with Crippen LogP contribution in [0.3, 0.4) is 0 Å². The molecule has 0 saturated carbocycles. The van der Waals surface area contributed by atoms with E-state index in [0.29, 0.717) is 17.9 Å². The Balaban J connectivity index is 1.38. The van der Waals surface area contributed by atoms with Gasteiger partial charge in [0, 0.05) is 42.9 Å². The van der Waals surface area contributed by atoms with E-state index in [1.807, 2.05) is 49.5 Å². The van der Waals surface area contributed by atoms with Crippen molar-refractivity contribution in [1.82, 2.24) is 14.7 Å². The molecule has 4 aromatic rings. The van der Waals surface area contributed by atoms with Crippen molar-refractivity contribution in [2.24, 2.45) is 0 Å². The number of rotatable bonds is 6. The summed E-state index contributed by atoms with van der Waals surface area (Å²) in [5, 5.41) is 5.18. The van der Waals surface area contributed by atoms with E-state index in [0.717, 1.165) is 22.2 Å². The summed E-state index contributed by atoms with van der Waals surface area (Å²) >= 11 is 0. The van der Waals surface area contributed by atoms with Crippen LogP contribution in [0, 0.1) is 6.92 Å². The summed E-state index contributed by atoms with van der Waals surface area (Å²) < 4.78 is 12.6. The molecule has 0 fully saturated rings. The van der Waals surface area contributed by atoms with Gasteiger partial charge in [-0.3, -0.25) is 4.79 Å².